The molecule has 1 aliphatic heterocycles. The highest BCUT2D eigenvalue weighted by atomic mass is 16.7. The molecule has 86 valence electrons. The SMILES string of the molecule is C[C@@](O)(C=O)[C@H]1COC2(CCCCC2)O1. The largest absolute Gasteiger partial charge is 0.380 e. The Hall–Kier alpha value is -0.450. The van der Waals surface area contributed by atoms with Crippen LogP contribution in [-0.2, 0) is 14.3 Å². The van der Waals surface area contributed by atoms with Crippen LogP contribution in [0.15, 0.2) is 0 Å². The van der Waals surface area contributed by atoms with Crippen molar-refractivity contribution in [2.75, 3.05) is 6.61 Å². The van der Waals surface area contributed by atoms with Gasteiger partial charge in [0.25, 0.3) is 0 Å². The fourth-order valence-electron chi connectivity index (χ4n) is 2.27. The number of ether oxygens (including phenoxy) is 2. The molecule has 4 heteroatoms. The molecule has 0 radical (unpaired) electrons. The van der Waals surface area contributed by atoms with Crippen LogP contribution in [0.3, 0.4) is 0 Å². The van der Waals surface area contributed by atoms with Gasteiger partial charge in [-0.3, -0.25) is 0 Å². The quantitative estimate of drug-likeness (QED) is 0.697. The van der Waals surface area contributed by atoms with Crippen LogP contribution < -0.4 is 0 Å². The minimum absolute atomic E-state index is 0.311. The number of aldehydes is 1. The minimum Gasteiger partial charge on any atom is -0.380 e. The van der Waals surface area contributed by atoms with E-state index in [0.717, 1.165) is 25.7 Å². The molecule has 2 aliphatic rings. The van der Waals surface area contributed by atoms with E-state index in [-0.39, 0.29) is 0 Å². The first kappa shape index (κ1) is 11.0. The Balaban J connectivity index is 2.02. The average Bonchev–Trinajstić information content (AvgIpc) is 2.64. The summed E-state index contributed by atoms with van der Waals surface area (Å²) in [6, 6.07) is 0. The van der Waals surface area contributed by atoms with Gasteiger partial charge in [0.1, 0.15) is 11.7 Å². The monoisotopic (exact) mass is 214 g/mol. The standard InChI is InChI=1S/C11H18O4/c1-10(13,8-12)9-7-14-11(15-9)5-3-2-4-6-11/h8-9,13H,2-7H2,1H3/t9-,10-/m1/s1. The predicted molar refractivity (Wildman–Crippen MR) is 53.3 cm³/mol. The molecule has 0 aromatic rings. The molecule has 0 bridgehead atoms. The summed E-state index contributed by atoms with van der Waals surface area (Å²) in [5, 5.41) is 9.76. The Morgan fingerprint density at radius 3 is 2.67 bits per heavy atom. The Bertz CT molecular complexity index is 243. The molecule has 4 nitrogen and oxygen atoms in total. The van der Waals surface area contributed by atoms with Crippen LogP contribution in [-0.4, -0.2) is 35.5 Å². The van der Waals surface area contributed by atoms with Gasteiger partial charge in [0, 0.05) is 12.8 Å². The third-order valence-corrected chi connectivity index (χ3v) is 3.36. The number of carbonyl (C=O) groups excluding carboxylic acids is 1. The summed E-state index contributed by atoms with van der Waals surface area (Å²) in [7, 11) is 0. The summed E-state index contributed by atoms with van der Waals surface area (Å²) < 4.78 is 11.4. The van der Waals surface area contributed by atoms with E-state index in [0.29, 0.717) is 12.9 Å². The van der Waals surface area contributed by atoms with Gasteiger partial charge in [-0.2, -0.15) is 0 Å². The van der Waals surface area contributed by atoms with Crippen LogP contribution in [0.4, 0.5) is 0 Å². The van der Waals surface area contributed by atoms with E-state index in [9.17, 15) is 9.90 Å². The summed E-state index contributed by atoms with van der Waals surface area (Å²) in [6.45, 7) is 1.78. The lowest BCUT2D eigenvalue weighted by Gasteiger charge is -2.33. The fraction of sp³-hybridized carbons (Fsp3) is 0.909. The lowest BCUT2D eigenvalue weighted by molar-refractivity contribution is -0.203. The van der Waals surface area contributed by atoms with Gasteiger partial charge in [0.15, 0.2) is 12.1 Å². The Morgan fingerprint density at radius 2 is 2.07 bits per heavy atom. The van der Waals surface area contributed by atoms with Gasteiger partial charge >= 0.3 is 0 Å². The molecule has 0 amide bonds. The molecule has 1 spiro atoms. The zero-order chi connectivity index (χ0) is 10.9. The number of carbonyl (C=O) groups is 1. The minimum atomic E-state index is -1.43. The second-order valence-electron chi connectivity index (χ2n) is 4.73. The lowest BCUT2D eigenvalue weighted by Crippen LogP contribution is -2.44. The van der Waals surface area contributed by atoms with Crippen molar-refractivity contribution in [3.63, 3.8) is 0 Å². The molecule has 1 saturated carbocycles. The maximum Gasteiger partial charge on any atom is 0.169 e. The summed E-state index contributed by atoms with van der Waals surface area (Å²) in [5.74, 6) is -0.518. The van der Waals surface area contributed by atoms with Crippen molar-refractivity contribution < 1.29 is 19.4 Å². The Labute approximate surface area is 89.6 Å². The maximum atomic E-state index is 10.7. The smallest absolute Gasteiger partial charge is 0.169 e. The van der Waals surface area contributed by atoms with Crippen LogP contribution in [0.2, 0.25) is 0 Å². The van der Waals surface area contributed by atoms with Crippen molar-refractivity contribution in [3.05, 3.63) is 0 Å². The van der Waals surface area contributed by atoms with Crippen LogP contribution >= 0.6 is 0 Å². The van der Waals surface area contributed by atoms with Gasteiger partial charge in [0.2, 0.25) is 0 Å². The first-order valence-corrected chi connectivity index (χ1v) is 5.58. The first-order chi connectivity index (χ1) is 7.08. The third-order valence-electron chi connectivity index (χ3n) is 3.36. The third kappa shape index (κ3) is 2.07. The van der Waals surface area contributed by atoms with E-state index in [1.807, 2.05) is 0 Å². The Kier molecular flexibility index (Phi) is 2.83. The van der Waals surface area contributed by atoms with Crippen molar-refractivity contribution in [3.8, 4) is 0 Å². The lowest BCUT2D eigenvalue weighted by atomic mass is 9.94. The predicted octanol–water partition coefficient (Wildman–Crippen LogP) is 1.01. The molecule has 2 atom stereocenters. The average molecular weight is 214 g/mol. The van der Waals surface area contributed by atoms with E-state index in [2.05, 4.69) is 0 Å². The summed E-state index contributed by atoms with van der Waals surface area (Å²) >= 11 is 0. The molecule has 0 unspecified atom stereocenters. The number of hydrogen-bond donors (Lipinski definition) is 1. The van der Waals surface area contributed by atoms with Crippen molar-refractivity contribution in [1.29, 1.82) is 0 Å². The van der Waals surface area contributed by atoms with E-state index in [1.165, 1.54) is 13.3 Å². The fourth-order valence-corrected chi connectivity index (χ4v) is 2.27. The molecule has 0 aromatic heterocycles. The van der Waals surface area contributed by atoms with Crippen LogP contribution in [0.5, 0.6) is 0 Å². The molecule has 1 heterocycles. The molecule has 1 saturated heterocycles. The molecular formula is C11H18O4. The number of rotatable bonds is 2. The number of aliphatic hydroxyl groups is 1. The molecule has 0 aromatic carbocycles. The van der Waals surface area contributed by atoms with Crippen molar-refractivity contribution in [2.24, 2.45) is 0 Å². The summed E-state index contributed by atoms with van der Waals surface area (Å²) in [6.07, 6.45) is 5.16. The molecule has 2 rings (SSSR count). The topological polar surface area (TPSA) is 55.8 Å². The second kappa shape index (κ2) is 3.85. The van der Waals surface area contributed by atoms with Gasteiger partial charge in [-0.15, -0.1) is 0 Å². The highest BCUT2D eigenvalue weighted by Gasteiger charge is 2.48. The van der Waals surface area contributed by atoms with Crippen LogP contribution in [0.1, 0.15) is 39.0 Å². The van der Waals surface area contributed by atoms with E-state index in [4.69, 9.17) is 9.47 Å². The summed E-state index contributed by atoms with van der Waals surface area (Å²) in [5.41, 5.74) is -1.43. The van der Waals surface area contributed by atoms with E-state index < -0.39 is 17.5 Å². The van der Waals surface area contributed by atoms with Crippen LogP contribution in [0.25, 0.3) is 0 Å². The zero-order valence-electron chi connectivity index (χ0n) is 9.07. The zero-order valence-corrected chi connectivity index (χ0v) is 9.07. The van der Waals surface area contributed by atoms with Gasteiger partial charge in [-0.25, -0.2) is 0 Å². The first-order valence-electron chi connectivity index (χ1n) is 5.58. The highest BCUT2D eigenvalue weighted by molar-refractivity contribution is 5.62. The second-order valence-corrected chi connectivity index (χ2v) is 4.73. The molecule has 2 fully saturated rings. The van der Waals surface area contributed by atoms with Crippen molar-refractivity contribution in [2.45, 2.75) is 56.5 Å². The molecule has 1 aliphatic carbocycles. The number of hydrogen-bond acceptors (Lipinski definition) is 4. The van der Waals surface area contributed by atoms with Gasteiger partial charge in [-0.05, 0) is 19.8 Å². The van der Waals surface area contributed by atoms with Crippen molar-refractivity contribution in [1.82, 2.24) is 0 Å². The van der Waals surface area contributed by atoms with Gasteiger partial charge < -0.3 is 19.4 Å². The maximum absolute atomic E-state index is 10.7. The van der Waals surface area contributed by atoms with E-state index in [1.54, 1.807) is 0 Å². The van der Waals surface area contributed by atoms with Crippen molar-refractivity contribution >= 4 is 6.29 Å². The van der Waals surface area contributed by atoms with E-state index >= 15 is 0 Å². The molecule has 15 heavy (non-hydrogen) atoms. The van der Waals surface area contributed by atoms with Gasteiger partial charge in [0.05, 0.1) is 6.61 Å². The molecular weight excluding hydrogens is 196 g/mol. The summed E-state index contributed by atoms with van der Waals surface area (Å²) in [4.78, 5) is 10.7. The van der Waals surface area contributed by atoms with Crippen LogP contribution in [0, 0.1) is 0 Å². The highest BCUT2D eigenvalue weighted by Crippen LogP contribution is 2.39. The molecule has 1 N–H and O–H groups in total. The normalized spacial score (nSPS) is 33.9. The Morgan fingerprint density at radius 1 is 1.40 bits per heavy atom. The van der Waals surface area contributed by atoms with Gasteiger partial charge in [-0.1, -0.05) is 6.42 Å².